The first-order valence-electron chi connectivity index (χ1n) is 6.29. The number of hydrogen-bond acceptors (Lipinski definition) is 3. The van der Waals surface area contributed by atoms with Gasteiger partial charge in [-0.3, -0.25) is 0 Å². The van der Waals surface area contributed by atoms with Crippen LogP contribution in [0.4, 0.5) is 0 Å². The summed E-state index contributed by atoms with van der Waals surface area (Å²) in [6, 6.07) is 8.44. The van der Waals surface area contributed by atoms with Crippen LogP contribution in [0.2, 0.25) is 5.02 Å². The lowest BCUT2D eigenvalue weighted by molar-refractivity contribution is -0.100. The van der Waals surface area contributed by atoms with Gasteiger partial charge in [0.15, 0.2) is 6.29 Å². The monoisotopic (exact) mass is 269 g/mol. The van der Waals surface area contributed by atoms with Gasteiger partial charge in [0.05, 0.1) is 0 Å². The van der Waals surface area contributed by atoms with Crippen molar-refractivity contribution >= 4 is 11.6 Å². The van der Waals surface area contributed by atoms with Crippen molar-refractivity contribution in [1.29, 1.82) is 0 Å². The third-order valence-corrected chi connectivity index (χ3v) is 3.60. The van der Waals surface area contributed by atoms with Crippen molar-refractivity contribution in [3.8, 4) is 0 Å². The van der Waals surface area contributed by atoms with Crippen molar-refractivity contribution in [3.05, 3.63) is 34.9 Å². The predicted octanol–water partition coefficient (Wildman–Crippen LogP) is 3.00. The first kappa shape index (κ1) is 13.8. The molecule has 1 aromatic carbocycles. The van der Waals surface area contributed by atoms with Crippen LogP contribution < -0.4 is 5.32 Å². The van der Waals surface area contributed by atoms with E-state index in [0.717, 1.165) is 10.9 Å². The first-order chi connectivity index (χ1) is 8.74. The Morgan fingerprint density at radius 3 is 2.33 bits per heavy atom. The van der Waals surface area contributed by atoms with Crippen molar-refractivity contribution in [3.63, 3.8) is 0 Å². The number of ether oxygens (including phenoxy) is 2. The van der Waals surface area contributed by atoms with Crippen LogP contribution in [0.3, 0.4) is 0 Å². The molecule has 100 valence electrons. The fourth-order valence-corrected chi connectivity index (χ4v) is 2.27. The van der Waals surface area contributed by atoms with Gasteiger partial charge in [-0.1, -0.05) is 23.7 Å². The molecule has 0 radical (unpaired) electrons. The Kier molecular flexibility index (Phi) is 5.01. The van der Waals surface area contributed by atoms with E-state index in [2.05, 4.69) is 17.4 Å². The summed E-state index contributed by atoms with van der Waals surface area (Å²) >= 11 is 5.92. The topological polar surface area (TPSA) is 30.5 Å². The van der Waals surface area contributed by atoms with Crippen LogP contribution in [0.25, 0.3) is 0 Å². The van der Waals surface area contributed by atoms with Crippen molar-refractivity contribution in [2.75, 3.05) is 20.8 Å². The van der Waals surface area contributed by atoms with Gasteiger partial charge in [0.1, 0.15) is 0 Å². The van der Waals surface area contributed by atoms with Crippen molar-refractivity contribution in [1.82, 2.24) is 5.32 Å². The molecule has 0 aliphatic heterocycles. The highest BCUT2D eigenvalue weighted by Crippen LogP contribution is 2.41. The van der Waals surface area contributed by atoms with E-state index in [1.165, 1.54) is 18.4 Å². The van der Waals surface area contributed by atoms with Crippen LogP contribution in [0, 0.1) is 5.92 Å². The van der Waals surface area contributed by atoms with Gasteiger partial charge in [-0.2, -0.15) is 0 Å². The van der Waals surface area contributed by atoms with Crippen LogP contribution in [-0.4, -0.2) is 27.1 Å². The van der Waals surface area contributed by atoms with E-state index in [0.29, 0.717) is 12.6 Å². The molecule has 1 saturated carbocycles. The van der Waals surface area contributed by atoms with Gasteiger partial charge in [-0.05, 0) is 36.5 Å². The maximum Gasteiger partial charge on any atom is 0.169 e. The molecule has 4 heteroatoms. The predicted molar refractivity (Wildman–Crippen MR) is 72.7 cm³/mol. The Bertz CT molecular complexity index is 361. The average molecular weight is 270 g/mol. The van der Waals surface area contributed by atoms with Crippen LogP contribution >= 0.6 is 11.6 Å². The van der Waals surface area contributed by atoms with Gasteiger partial charge in [-0.15, -0.1) is 0 Å². The minimum absolute atomic E-state index is 0.196. The van der Waals surface area contributed by atoms with Gasteiger partial charge in [-0.25, -0.2) is 0 Å². The van der Waals surface area contributed by atoms with Gasteiger partial charge >= 0.3 is 0 Å². The fraction of sp³-hybridized carbons (Fsp3) is 0.571. The van der Waals surface area contributed by atoms with Gasteiger partial charge in [0.25, 0.3) is 0 Å². The molecule has 1 aliphatic rings. The molecule has 3 nitrogen and oxygen atoms in total. The summed E-state index contributed by atoms with van der Waals surface area (Å²) < 4.78 is 10.4. The Morgan fingerprint density at radius 1 is 1.22 bits per heavy atom. The zero-order valence-corrected chi connectivity index (χ0v) is 11.6. The molecule has 1 atom stereocenters. The van der Waals surface area contributed by atoms with Gasteiger partial charge < -0.3 is 14.8 Å². The number of methoxy groups -OCH3 is 2. The van der Waals surface area contributed by atoms with Crippen LogP contribution in [0.15, 0.2) is 24.3 Å². The Balaban J connectivity index is 1.98. The van der Waals surface area contributed by atoms with E-state index in [1.54, 1.807) is 14.2 Å². The molecule has 2 rings (SSSR count). The summed E-state index contributed by atoms with van der Waals surface area (Å²) in [7, 11) is 3.31. The lowest BCUT2D eigenvalue weighted by atomic mass is 10.0. The lowest BCUT2D eigenvalue weighted by Gasteiger charge is -2.22. The summed E-state index contributed by atoms with van der Waals surface area (Å²) in [5, 5.41) is 4.30. The maximum absolute atomic E-state index is 5.92. The van der Waals surface area contributed by atoms with Gasteiger partial charge in [0.2, 0.25) is 0 Å². The summed E-state index contributed by atoms with van der Waals surface area (Å²) in [5.74, 6) is 0.723. The zero-order valence-electron chi connectivity index (χ0n) is 10.9. The number of nitrogens with one attached hydrogen (secondary N) is 1. The molecule has 0 saturated heterocycles. The average Bonchev–Trinajstić information content (AvgIpc) is 3.21. The third kappa shape index (κ3) is 3.69. The fourth-order valence-electron chi connectivity index (χ4n) is 2.14. The maximum atomic E-state index is 5.92. The van der Waals surface area contributed by atoms with Crippen molar-refractivity contribution in [2.24, 2.45) is 5.92 Å². The molecule has 0 heterocycles. The molecule has 0 spiro atoms. The quantitative estimate of drug-likeness (QED) is 0.772. The second-order valence-electron chi connectivity index (χ2n) is 4.68. The van der Waals surface area contributed by atoms with Crippen LogP contribution in [0.1, 0.15) is 24.4 Å². The second kappa shape index (κ2) is 6.53. The second-order valence-corrected chi connectivity index (χ2v) is 5.11. The minimum Gasteiger partial charge on any atom is -0.355 e. The van der Waals surface area contributed by atoms with Crippen molar-refractivity contribution in [2.45, 2.75) is 25.2 Å². The standard InChI is InChI=1S/C14H20ClNO2/c1-17-13(18-2)9-16-14(10-3-4-10)11-5-7-12(15)8-6-11/h5-8,10,13-14,16H,3-4,9H2,1-2H3. The summed E-state index contributed by atoms with van der Waals surface area (Å²) in [5.41, 5.74) is 1.29. The molecule has 1 aromatic rings. The number of hydrogen-bond donors (Lipinski definition) is 1. The number of benzene rings is 1. The largest absolute Gasteiger partial charge is 0.355 e. The number of halogens is 1. The van der Waals surface area contributed by atoms with Gasteiger partial charge in [0, 0.05) is 31.8 Å². The highest BCUT2D eigenvalue weighted by Gasteiger charge is 2.32. The third-order valence-electron chi connectivity index (χ3n) is 3.35. The molecule has 1 N–H and O–H groups in total. The van der Waals surface area contributed by atoms with E-state index in [-0.39, 0.29) is 6.29 Å². The molecule has 0 bridgehead atoms. The summed E-state index contributed by atoms with van der Waals surface area (Å²) in [6.07, 6.45) is 2.37. The molecular weight excluding hydrogens is 250 g/mol. The molecule has 18 heavy (non-hydrogen) atoms. The Hall–Kier alpha value is -0.610. The van der Waals surface area contributed by atoms with Crippen molar-refractivity contribution < 1.29 is 9.47 Å². The van der Waals surface area contributed by atoms with E-state index in [1.807, 2.05) is 12.1 Å². The molecule has 0 aromatic heterocycles. The summed E-state index contributed by atoms with van der Waals surface area (Å²) in [6.45, 7) is 0.691. The normalized spacial score (nSPS) is 17.1. The first-order valence-corrected chi connectivity index (χ1v) is 6.67. The molecule has 0 amide bonds. The molecule has 1 unspecified atom stereocenters. The minimum atomic E-state index is -0.196. The molecular formula is C14H20ClNO2. The van der Waals surface area contributed by atoms with Crippen LogP contribution in [0.5, 0.6) is 0 Å². The lowest BCUT2D eigenvalue weighted by Crippen LogP contribution is -2.33. The highest BCUT2D eigenvalue weighted by molar-refractivity contribution is 6.30. The zero-order chi connectivity index (χ0) is 13.0. The Labute approximate surface area is 113 Å². The van der Waals surface area contributed by atoms with E-state index in [9.17, 15) is 0 Å². The SMILES string of the molecule is COC(CNC(c1ccc(Cl)cc1)C1CC1)OC. The smallest absolute Gasteiger partial charge is 0.169 e. The number of rotatable bonds is 7. The Morgan fingerprint density at radius 2 is 1.83 bits per heavy atom. The van der Waals surface area contributed by atoms with E-state index < -0.39 is 0 Å². The summed E-state index contributed by atoms with van der Waals surface area (Å²) in [4.78, 5) is 0. The molecule has 1 fully saturated rings. The van der Waals surface area contributed by atoms with Crippen LogP contribution in [-0.2, 0) is 9.47 Å². The molecule has 1 aliphatic carbocycles. The van der Waals surface area contributed by atoms with E-state index >= 15 is 0 Å². The van der Waals surface area contributed by atoms with E-state index in [4.69, 9.17) is 21.1 Å². The highest BCUT2D eigenvalue weighted by atomic mass is 35.5.